The van der Waals surface area contributed by atoms with Gasteiger partial charge in [0.05, 0.1) is 6.42 Å². The lowest BCUT2D eigenvalue weighted by Gasteiger charge is -2.02. The minimum atomic E-state index is -1.04. The molecule has 0 spiro atoms. The maximum Gasteiger partial charge on any atom is 0.308 e. The Morgan fingerprint density at radius 2 is 2.15 bits per heavy atom. The minimum Gasteiger partial charge on any atom is -0.481 e. The molecule has 0 unspecified atom stereocenters. The van der Waals surface area contributed by atoms with Gasteiger partial charge in [0, 0.05) is 21.0 Å². The van der Waals surface area contributed by atoms with Crippen LogP contribution in [0.15, 0.2) is 16.9 Å². The van der Waals surface area contributed by atoms with Gasteiger partial charge in [-0.05, 0) is 38.1 Å². The van der Waals surface area contributed by atoms with Gasteiger partial charge in [-0.1, -0.05) is 0 Å². The van der Waals surface area contributed by atoms with Gasteiger partial charge >= 0.3 is 5.97 Å². The van der Waals surface area contributed by atoms with Crippen molar-refractivity contribution in [2.45, 2.75) is 20.3 Å². The summed E-state index contributed by atoms with van der Waals surface area (Å²) in [6, 6.07) is 4.00. The third-order valence-corrected chi connectivity index (χ3v) is 3.70. The molecule has 5 nitrogen and oxygen atoms in total. The molecule has 2 aromatic rings. The molecule has 0 radical (unpaired) electrons. The van der Waals surface area contributed by atoms with Crippen LogP contribution in [0.1, 0.15) is 26.8 Å². The number of nitrogens with one attached hydrogen (secondary N) is 1. The number of aromatic amines is 1. The maximum atomic E-state index is 11.8. The van der Waals surface area contributed by atoms with Gasteiger partial charge in [0.15, 0.2) is 0 Å². The summed E-state index contributed by atoms with van der Waals surface area (Å²) in [4.78, 5) is 31.6. The van der Waals surface area contributed by atoms with E-state index in [-0.39, 0.29) is 12.0 Å². The zero-order valence-electron chi connectivity index (χ0n) is 11.1. The van der Waals surface area contributed by atoms with Gasteiger partial charge in [-0.15, -0.1) is 11.3 Å². The first kappa shape index (κ1) is 14.2. The van der Waals surface area contributed by atoms with E-state index in [0.717, 1.165) is 4.88 Å². The monoisotopic (exact) mass is 290 g/mol. The maximum absolute atomic E-state index is 11.8. The molecule has 0 aliphatic carbocycles. The van der Waals surface area contributed by atoms with Crippen LogP contribution >= 0.6 is 11.3 Å². The molecule has 20 heavy (non-hydrogen) atoms. The van der Waals surface area contributed by atoms with E-state index >= 15 is 0 Å². The van der Waals surface area contributed by atoms with Crippen LogP contribution < -0.4 is 5.56 Å². The third-order valence-electron chi connectivity index (χ3n) is 2.74. The second-order valence-corrected chi connectivity index (χ2v) is 5.69. The number of aromatic nitrogens is 2. The first-order chi connectivity index (χ1) is 9.45. The zero-order valence-corrected chi connectivity index (χ0v) is 12.0. The molecule has 6 heteroatoms. The van der Waals surface area contributed by atoms with Crippen LogP contribution in [0.5, 0.6) is 0 Å². The molecule has 0 saturated heterocycles. The van der Waals surface area contributed by atoms with E-state index in [2.05, 4.69) is 9.97 Å². The Morgan fingerprint density at radius 1 is 1.40 bits per heavy atom. The number of carboxylic acids is 1. The van der Waals surface area contributed by atoms with Crippen LogP contribution in [0.3, 0.4) is 0 Å². The van der Waals surface area contributed by atoms with Crippen LogP contribution in [-0.4, -0.2) is 21.0 Å². The Bertz CT molecular complexity index is 728. The van der Waals surface area contributed by atoms with Gasteiger partial charge in [0.2, 0.25) is 0 Å². The molecular formula is C14H14N2O3S. The third kappa shape index (κ3) is 3.42. The van der Waals surface area contributed by atoms with Gasteiger partial charge in [-0.2, -0.15) is 0 Å². The van der Waals surface area contributed by atoms with Gasteiger partial charge < -0.3 is 10.1 Å². The van der Waals surface area contributed by atoms with Crippen molar-refractivity contribution in [2.24, 2.45) is 0 Å². The highest BCUT2D eigenvalue weighted by atomic mass is 32.1. The van der Waals surface area contributed by atoms with Crippen LogP contribution in [0.25, 0.3) is 12.2 Å². The largest absolute Gasteiger partial charge is 0.481 e. The Labute approximate surface area is 119 Å². The predicted molar refractivity (Wildman–Crippen MR) is 78.9 cm³/mol. The molecule has 0 saturated carbocycles. The SMILES string of the molecule is Cc1ccc(C=Cc2nc(C)c(CC(=O)O)c(=O)[nH]2)s1. The summed E-state index contributed by atoms with van der Waals surface area (Å²) in [6.07, 6.45) is 3.26. The molecule has 0 aromatic carbocycles. The molecule has 2 aromatic heterocycles. The van der Waals surface area contributed by atoms with Crippen molar-refractivity contribution in [1.29, 1.82) is 0 Å². The Morgan fingerprint density at radius 3 is 2.70 bits per heavy atom. The number of nitrogens with zero attached hydrogens (tertiary/aromatic N) is 1. The van der Waals surface area contributed by atoms with Crippen molar-refractivity contribution in [2.75, 3.05) is 0 Å². The fourth-order valence-corrected chi connectivity index (χ4v) is 2.55. The van der Waals surface area contributed by atoms with Crippen molar-refractivity contribution in [3.05, 3.63) is 49.3 Å². The van der Waals surface area contributed by atoms with E-state index in [1.54, 1.807) is 24.3 Å². The second kappa shape index (κ2) is 5.83. The number of rotatable bonds is 4. The average Bonchev–Trinajstić information content (AvgIpc) is 2.77. The fourth-order valence-electron chi connectivity index (χ4n) is 1.77. The van der Waals surface area contributed by atoms with Gasteiger partial charge in [0.1, 0.15) is 5.82 Å². The number of aliphatic carboxylic acids is 1. The molecule has 0 fully saturated rings. The number of H-pyrrole nitrogens is 1. The number of thiophene rings is 1. The van der Waals surface area contributed by atoms with E-state index < -0.39 is 11.5 Å². The number of hydrogen-bond donors (Lipinski definition) is 2. The lowest BCUT2D eigenvalue weighted by Crippen LogP contribution is -2.20. The fraction of sp³-hybridized carbons (Fsp3) is 0.214. The lowest BCUT2D eigenvalue weighted by atomic mass is 10.2. The van der Waals surface area contributed by atoms with E-state index in [1.807, 2.05) is 25.1 Å². The Hall–Kier alpha value is -2.21. The van der Waals surface area contributed by atoms with Gasteiger partial charge in [0.25, 0.3) is 5.56 Å². The minimum absolute atomic E-state index is 0.196. The summed E-state index contributed by atoms with van der Waals surface area (Å²) < 4.78 is 0. The molecule has 2 rings (SSSR count). The van der Waals surface area contributed by atoms with Crippen LogP contribution in [0.2, 0.25) is 0 Å². The summed E-state index contributed by atoms with van der Waals surface area (Å²) in [7, 11) is 0. The summed E-state index contributed by atoms with van der Waals surface area (Å²) in [5.74, 6) is -0.620. The molecule has 2 N–H and O–H groups in total. The van der Waals surface area contributed by atoms with Crippen molar-refractivity contribution in [3.63, 3.8) is 0 Å². The number of hydrogen-bond acceptors (Lipinski definition) is 4. The Kier molecular flexibility index (Phi) is 4.14. The molecule has 0 amide bonds. The van der Waals surface area contributed by atoms with E-state index in [4.69, 9.17) is 5.11 Å². The van der Waals surface area contributed by atoms with Crippen molar-refractivity contribution >= 4 is 29.5 Å². The van der Waals surface area contributed by atoms with Gasteiger partial charge in [-0.3, -0.25) is 9.59 Å². The zero-order chi connectivity index (χ0) is 14.7. The Balaban J connectivity index is 2.28. The normalized spacial score (nSPS) is 11.1. The van der Waals surface area contributed by atoms with Crippen molar-refractivity contribution in [3.8, 4) is 0 Å². The molecule has 0 bridgehead atoms. The number of carboxylic acid groups (broad SMARTS) is 1. The summed E-state index contributed by atoms with van der Waals surface area (Å²) >= 11 is 1.64. The number of carbonyl (C=O) groups is 1. The van der Waals surface area contributed by atoms with Crippen LogP contribution in [-0.2, 0) is 11.2 Å². The highest BCUT2D eigenvalue weighted by Crippen LogP contribution is 2.17. The van der Waals surface area contributed by atoms with Gasteiger partial charge in [-0.25, -0.2) is 4.98 Å². The van der Waals surface area contributed by atoms with Crippen LogP contribution in [0.4, 0.5) is 0 Å². The smallest absolute Gasteiger partial charge is 0.308 e. The van der Waals surface area contributed by atoms with Crippen LogP contribution in [0, 0.1) is 13.8 Å². The molecule has 0 aliphatic rings. The summed E-state index contributed by atoms with van der Waals surface area (Å²) in [6.45, 7) is 3.66. The van der Waals surface area contributed by atoms with E-state index in [0.29, 0.717) is 11.5 Å². The molecule has 104 valence electrons. The number of aryl methyl sites for hydroxylation is 2. The predicted octanol–water partition coefficient (Wildman–Crippen LogP) is 2.25. The topological polar surface area (TPSA) is 83.0 Å². The standard InChI is InChI=1S/C14H14N2O3S/c1-8-3-4-10(20-8)5-6-12-15-9(2)11(7-13(17)18)14(19)16-12/h3-6H,7H2,1-2H3,(H,17,18)(H,15,16,19). The first-order valence-electron chi connectivity index (χ1n) is 6.02. The summed E-state index contributed by atoms with van der Waals surface area (Å²) in [5.41, 5.74) is 0.238. The molecule has 0 atom stereocenters. The van der Waals surface area contributed by atoms with E-state index in [9.17, 15) is 9.59 Å². The van der Waals surface area contributed by atoms with E-state index in [1.165, 1.54) is 4.88 Å². The molecule has 2 heterocycles. The highest BCUT2D eigenvalue weighted by molar-refractivity contribution is 7.12. The van der Waals surface area contributed by atoms with Crippen molar-refractivity contribution in [1.82, 2.24) is 9.97 Å². The van der Waals surface area contributed by atoms with Crippen molar-refractivity contribution < 1.29 is 9.90 Å². The lowest BCUT2D eigenvalue weighted by molar-refractivity contribution is -0.136. The molecule has 0 aliphatic heterocycles. The molecular weight excluding hydrogens is 276 g/mol. The quantitative estimate of drug-likeness (QED) is 0.904. The second-order valence-electron chi connectivity index (χ2n) is 4.37. The first-order valence-corrected chi connectivity index (χ1v) is 6.83. The highest BCUT2D eigenvalue weighted by Gasteiger charge is 2.10. The summed E-state index contributed by atoms with van der Waals surface area (Å²) in [5, 5.41) is 8.75. The average molecular weight is 290 g/mol.